The van der Waals surface area contributed by atoms with Crippen LogP contribution < -0.4 is 5.32 Å². The van der Waals surface area contributed by atoms with Crippen LogP contribution in [0.3, 0.4) is 0 Å². The van der Waals surface area contributed by atoms with Crippen molar-refractivity contribution in [2.24, 2.45) is 7.05 Å². The van der Waals surface area contributed by atoms with Gasteiger partial charge in [0.25, 0.3) is 0 Å². The Morgan fingerprint density at radius 2 is 2.12 bits per heavy atom. The van der Waals surface area contributed by atoms with Crippen LogP contribution in [0.25, 0.3) is 11.0 Å². The zero-order valence-corrected chi connectivity index (χ0v) is 11.3. The summed E-state index contributed by atoms with van der Waals surface area (Å²) >= 11 is 1.91. The Morgan fingerprint density at radius 3 is 2.88 bits per heavy atom. The van der Waals surface area contributed by atoms with Crippen molar-refractivity contribution in [1.29, 1.82) is 0 Å². The van der Waals surface area contributed by atoms with Crippen LogP contribution in [0.1, 0.15) is 12.8 Å². The zero-order chi connectivity index (χ0) is 12.1. The lowest BCUT2D eigenvalue weighted by molar-refractivity contribution is 0.823. The van der Waals surface area contributed by atoms with Gasteiger partial charge in [-0.25, -0.2) is 4.98 Å². The average Bonchev–Trinajstić information content (AvgIpc) is 2.67. The number of rotatable bonds is 6. The molecule has 0 aliphatic rings. The van der Waals surface area contributed by atoms with E-state index in [2.05, 4.69) is 34.2 Å². The molecule has 1 aromatic heterocycles. The first-order valence-electron chi connectivity index (χ1n) is 5.97. The van der Waals surface area contributed by atoms with E-state index in [0.29, 0.717) is 0 Å². The SMILES string of the molecule is CSCCCCNc1nc2ccccc2n1C. The molecule has 2 aromatic rings. The second-order valence-corrected chi connectivity index (χ2v) is 5.10. The highest BCUT2D eigenvalue weighted by Crippen LogP contribution is 2.17. The Kier molecular flexibility index (Phi) is 4.31. The summed E-state index contributed by atoms with van der Waals surface area (Å²) in [7, 11) is 2.06. The highest BCUT2D eigenvalue weighted by atomic mass is 32.2. The zero-order valence-electron chi connectivity index (χ0n) is 10.4. The largest absolute Gasteiger partial charge is 0.356 e. The van der Waals surface area contributed by atoms with E-state index in [0.717, 1.165) is 18.0 Å². The number of imidazole rings is 1. The molecule has 17 heavy (non-hydrogen) atoms. The predicted molar refractivity (Wildman–Crippen MR) is 76.8 cm³/mol. The van der Waals surface area contributed by atoms with Crippen molar-refractivity contribution in [3.05, 3.63) is 24.3 Å². The fraction of sp³-hybridized carbons (Fsp3) is 0.462. The van der Waals surface area contributed by atoms with Crippen LogP contribution in [-0.4, -0.2) is 28.1 Å². The highest BCUT2D eigenvalue weighted by molar-refractivity contribution is 7.98. The van der Waals surface area contributed by atoms with Gasteiger partial charge in [-0.15, -0.1) is 0 Å². The molecule has 4 heteroatoms. The number of nitrogens with one attached hydrogen (secondary N) is 1. The number of thioether (sulfide) groups is 1. The number of hydrogen-bond donors (Lipinski definition) is 1. The second-order valence-electron chi connectivity index (χ2n) is 4.11. The van der Waals surface area contributed by atoms with Gasteiger partial charge in [-0.1, -0.05) is 12.1 Å². The highest BCUT2D eigenvalue weighted by Gasteiger charge is 2.05. The summed E-state index contributed by atoms with van der Waals surface area (Å²) in [5, 5.41) is 3.40. The molecule has 1 aromatic carbocycles. The topological polar surface area (TPSA) is 29.9 Å². The van der Waals surface area contributed by atoms with Crippen LogP contribution in [0.2, 0.25) is 0 Å². The van der Waals surface area contributed by atoms with Crippen molar-refractivity contribution in [2.75, 3.05) is 23.9 Å². The van der Waals surface area contributed by atoms with Crippen LogP contribution in [0.5, 0.6) is 0 Å². The standard InChI is InChI=1S/C13H19N3S/c1-16-12-8-4-3-7-11(12)15-13(16)14-9-5-6-10-17-2/h3-4,7-8H,5-6,9-10H2,1-2H3,(H,14,15). The van der Waals surface area contributed by atoms with E-state index in [9.17, 15) is 0 Å². The summed E-state index contributed by atoms with van der Waals surface area (Å²) in [6, 6.07) is 8.22. The Balaban J connectivity index is 1.97. The molecule has 0 radical (unpaired) electrons. The average molecular weight is 249 g/mol. The van der Waals surface area contributed by atoms with Crippen LogP contribution in [0.15, 0.2) is 24.3 Å². The monoisotopic (exact) mass is 249 g/mol. The van der Waals surface area contributed by atoms with Crippen LogP contribution >= 0.6 is 11.8 Å². The molecule has 0 fully saturated rings. The summed E-state index contributed by atoms with van der Waals surface area (Å²) in [5.41, 5.74) is 2.24. The van der Waals surface area contributed by atoms with Gasteiger partial charge in [-0.2, -0.15) is 11.8 Å². The maximum atomic E-state index is 4.58. The Morgan fingerprint density at radius 1 is 1.29 bits per heavy atom. The number of aromatic nitrogens is 2. The lowest BCUT2D eigenvalue weighted by Gasteiger charge is -2.05. The van der Waals surface area contributed by atoms with E-state index >= 15 is 0 Å². The lowest BCUT2D eigenvalue weighted by Crippen LogP contribution is -2.06. The van der Waals surface area contributed by atoms with Crippen molar-refractivity contribution in [3.63, 3.8) is 0 Å². The first kappa shape index (κ1) is 12.3. The molecule has 2 rings (SSSR count). The maximum Gasteiger partial charge on any atom is 0.203 e. The Labute approximate surface area is 107 Å². The van der Waals surface area contributed by atoms with Gasteiger partial charge < -0.3 is 9.88 Å². The van der Waals surface area contributed by atoms with E-state index < -0.39 is 0 Å². The summed E-state index contributed by atoms with van der Waals surface area (Å²) < 4.78 is 2.11. The molecule has 0 unspecified atom stereocenters. The third-order valence-electron chi connectivity index (χ3n) is 2.85. The van der Waals surface area contributed by atoms with Crippen LogP contribution in [0, 0.1) is 0 Å². The minimum Gasteiger partial charge on any atom is -0.356 e. The molecule has 0 amide bonds. The number of unbranched alkanes of at least 4 members (excludes halogenated alkanes) is 1. The number of fused-ring (bicyclic) bond motifs is 1. The Hall–Kier alpha value is -1.16. The fourth-order valence-electron chi connectivity index (χ4n) is 1.88. The van der Waals surface area contributed by atoms with Crippen molar-refractivity contribution in [2.45, 2.75) is 12.8 Å². The minimum atomic E-state index is 0.968. The van der Waals surface area contributed by atoms with Gasteiger partial charge in [0.1, 0.15) is 0 Å². The van der Waals surface area contributed by atoms with Crippen molar-refractivity contribution in [1.82, 2.24) is 9.55 Å². The molecule has 0 saturated carbocycles. The molecule has 0 atom stereocenters. The molecule has 0 aliphatic carbocycles. The molecular formula is C13H19N3S. The van der Waals surface area contributed by atoms with Gasteiger partial charge in [-0.05, 0) is 37.0 Å². The molecule has 0 bridgehead atoms. The first-order chi connectivity index (χ1) is 8.33. The third kappa shape index (κ3) is 2.94. The number of hydrogen-bond acceptors (Lipinski definition) is 3. The Bertz CT molecular complexity index is 478. The normalized spacial score (nSPS) is 10.9. The van der Waals surface area contributed by atoms with Gasteiger partial charge in [0.05, 0.1) is 11.0 Å². The summed E-state index contributed by atoms with van der Waals surface area (Å²) in [4.78, 5) is 4.58. The van der Waals surface area contributed by atoms with Gasteiger partial charge in [-0.3, -0.25) is 0 Å². The summed E-state index contributed by atoms with van der Waals surface area (Å²) in [6.45, 7) is 0.998. The second kappa shape index (κ2) is 5.96. The van der Waals surface area contributed by atoms with Gasteiger partial charge in [0.15, 0.2) is 0 Å². The lowest BCUT2D eigenvalue weighted by atomic mass is 10.3. The number of nitrogens with zero attached hydrogens (tertiary/aromatic N) is 2. The molecule has 0 aliphatic heterocycles. The van der Waals surface area contributed by atoms with Gasteiger partial charge in [0, 0.05) is 13.6 Å². The molecule has 0 saturated heterocycles. The fourth-order valence-corrected chi connectivity index (χ4v) is 2.37. The minimum absolute atomic E-state index is 0.968. The molecule has 1 heterocycles. The van der Waals surface area contributed by atoms with E-state index in [1.165, 1.54) is 24.1 Å². The maximum absolute atomic E-state index is 4.58. The predicted octanol–water partition coefficient (Wildman–Crippen LogP) is 3.13. The number of anilines is 1. The van der Waals surface area contributed by atoms with Crippen LogP contribution in [-0.2, 0) is 7.05 Å². The molecule has 3 nitrogen and oxygen atoms in total. The molecule has 0 spiro atoms. The van der Waals surface area contributed by atoms with Crippen molar-refractivity contribution in [3.8, 4) is 0 Å². The van der Waals surface area contributed by atoms with Crippen molar-refractivity contribution >= 4 is 28.7 Å². The molecular weight excluding hydrogens is 230 g/mol. The molecule has 1 N–H and O–H groups in total. The number of aryl methyl sites for hydroxylation is 1. The van der Waals surface area contributed by atoms with E-state index in [-0.39, 0.29) is 0 Å². The number of benzene rings is 1. The van der Waals surface area contributed by atoms with Gasteiger partial charge in [0.2, 0.25) is 5.95 Å². The smallest absolute Gasteiger partial charge is 0.203 e. The van der Waals surface area contributed by atoms with Crippen molar-refractivity contribution < 1.29 is 0 Å². The van der Waals surface area contributed by atoms with Gasteiger partial charge >= 0.3 is 0 Å². The van der Waals surface area contributed by atoms with E-state index in [1.807, 2.05) is 30.0 Å². The van der Waals surface area contributed by atoms with E-state index in [4.69, 9.17) is 0 Å². The third-order valence-corrected chi connectivity index (χ3v) is 3.54. The van der Waals surface area contributed by atoms with E-state index in [1.54, 1.807) is 0 Å². The quantitative estimate of drug-likeness (QED) is 0.798. The molecule has 92 valence electrons. The summed E-state index contributed by atoms with van der Waals surface area (Å²) in [6.07, 6.45) is 4.61. The number of para-hydroxylation sites is 2. The first-order valence-corrected chi connectivity index (χ1v) is 7.36. The van der Waals surface area contributed by atoms with Crippen LogP contribution in [0.4, 0.5) is 5.95 Å². The summed E-state index contributed by atoms with van der Waals surface area (Å²) in [5.74, 6) is 2.21.